The number of anilines is 1. The molecule has 0 bridgehead atoms. The van der Waals surface area contributed by atoms with Crippen molar-refractivity contribution < 1.29 is 9.18 Å². The van der Waals surface area contributed by atoms with Crippen molar-refractivity contribution in [2.24, 2.45) is 5.10 Å². The highest BCUT2D eigenvalue weighted by Crippen LogP contribution is 2.08. The molecule has 0 fully saturated rings. The van der Waals surface area contributed by atoms with Crippen LogP contribution in [0.1, 0.15) is 6.92 Å². The molecule has 0 spiro atoms. The molecule has 2 amide bonds. The molecule has 19 heavy (non-hydrogen) atoms. The molecular formula is C11H12FN5OS. The van der Waals surface area contributed by atoms with Gasteiger partial charge in [0.2, 0.25) is 0 Å². The number of halogens is 1. The topological polar surface area (TPSA) is 68.8 Å². The number of urea groups is 1. The number of carbonyl (C=O) groups is 1. The lowest BCUT2D eigenvalue weighted by molar-refractivity contribution is 0.192. The largest absolute Gasteiger partial charge is 0.356 e. The number of benzene rings is 1. The lowest BCUT2D eigenvalue weighted by Gasteiger charge is -2.26. The van der Waals surface area contributed by atoms with Crippen molar-refractivity contribution in [1.82, 2.24) is 15.9 Å². The Morgan fingerprint density at radius 3 is 2.84 bits per heavy atom. The van der Waals surface area contributed by atoms with E-state index in [0.29, 0.717) is 12.2 Å². The van der Waals surface area contributed by atoms with Crippen LogP contribution in [0.15, 0.2) is 29.4 Å². The third kappa shape index (κ3) is 3.62. The molecule has 1 aliphatic heterocycles. The fourth-order valence-electron chi connectivity index (χ4n) is 1.44. The van der Waals surface area contributed by atoms with Crippen molar-refractivity contribution >= 4 is 34.8 Å². The van der Waals surface area contributed by atoms with Gasteiger partial charge in [-0.05, 0) is 43.4 Å². The molecule has 1 aromatic carbocycles. The van der Waals surface area contributed by atoms with Gasteiger partial charge >= 0.3 is 6.03 Å². The third-order valence-electron chi connectivity index (χ3n) is 2.31. The monoisotopic (exact) mass is 281 g/mol. The highest BCUT2D eigenvalue weighted by Gasteiger charge is 2.19. The van der Waals surface area contributed by atoms with E-state index in [1.165, 1.54) is 17.1 Å². The van der Waals surface area contributed by atoms with E-state index in [0.717, 1.165) is 5.71 Å². The van der Waals surface area contributed by atoms with Crippen LogP contribution in [0.3, 0.4) is 0 Å². The van der Waals surface area contributed by atoms with E-state index in [1.807, 2.05) is 0 Å². The summed E-state index contributed by atoms with van der Waals surface area (Å²) >= 11 is 5.06. The number of thiocarbonyl (C=S) groups is 1. The first-order valence-corrected chi connectivity index (χ1v) is 5.89. The predicted octanol–water partition coefficient (Wildman–Crippen LogP) is 1.43. The summed E-state index contributed by atoms with van der Waals surface area (Å²) in [6.45, 7) is 2.11. The maximum Gasteiger partial charge on any atom is 0.356 e. The number of rotatable bonds is 2. The first kappa shape index (κ1) is 13.2. The lowest BCUT2D eigenvalue weighted by atomic mass is 10.3. The molecule has 2 rings (SSSR count). The van der Waals surface area contributed by atoms with E-state index in [2.05, 4.69) is 21.3 Å². The predicted molar refractivity (Wildman–Crippen MR) is 74.1 cm³/mol. The molecule has 6 nitrogen and oxygen atoms in total. The number of nitrogens with zero attached hydrogens (tertiary/aromatic N) is 2. The molecule has 1 aromatic rings. The zero-order chi connectivity index (χ0) is 13.8. The second kappa shape index (κ2) is 5.61. The zero-order valence-corrected chi connectivity index (χ0v) is 10.9. The molecule has 0 saturated heterocycles. The molecule has 100 valence electrons. The summed E-state index contributed by atoms with van der Waals surface area (Å²) in [7, 11) is 0. The van der Waals surface area contributed by atoms with Crippen molar-refractivity contribution in [3.8, 4) is 0 Å². The van der Waals surface area contributed by atoms with E-state index in [9.17, 15) is 9.18 Å². The smallest absolute Gasteiger partial charge is 0.331 e. The SMILES string of the molecule is CC1=NNC(=O)N(NC(=S)Nc2ccc(F)cc2)C1. The van der Waals surface area contributed by atoms with Crippen molar-refractivity contribution in [2.75, 3.05) is 11.9 Å². The Bertz CT molecular complexity index is 530. The van der Waals surface area contributed by atoms with Gasteiger partial charge in [0, 0.05) is 5.69 Å². The minimum absolute atomic E-state index is 0.233. The van der Waals surface area contributed by atoms with Gasteiger partial charge in [0.25, 0.3) is 0 Å². The lowest BCUT2D eigenvalue weighted by Crippen LogP contribution is -2.55. The number of hydrogen-bond donors (Lipinski definition) is 3. The van der Waals surface area contributed by atoms with Crippen LogP contribution in [0.25, 0.3) is 0 Å². The highest BCUT2D eigenvalue weighted by atomic mass is 32.1. The number of hydrogen-bond acceptors (Lipinski definition) is 3. The molecule has 3 N–H and O–H groups in total. The summed E-state index contributed by atoms with van der Waals surface area (Å²) in [5.74, 6) is -0.327. The maximum absolute atomic E-state index is 12.7. The van der Waals surface area contributed by atoms with Crippen LogP contribution in [-0.2, 0) is 0 Å². The van der Waals surface area contributed by atoms with E-state index in [4.69, 9.17) is 12.2 Å². The quantitative estimate of drug-likeness (QED) is 0.717. The van der Waals surface area contributed by atoms with Crippen LogP contribution in [0.2, 0.25) is 0 Å². The molecule has 1 aliphatic rings. The van der Waals surface area contributed by atoms with Crippen LogP contribution in [0, 0.1) is 5.82 Å². The Balaban J connectivity index is 1.92. The maximum atomic E-state index is 12.7. The van der Waals surface area contributed by atoms with Gasteiger partial charge in [-0.1, -0.05) is 0 Å². The first-order valence-electron chi connectivity index (χ1n) is 5.48. The van der Waals surface area contributed by atoms with Crippen LogP contribution in [-0.4, -0.2) is 28.4 Å². The second-order valence-electron chi connectivity index (χ2n) is 3.92. The van der Waals surface area contributed by atoms with Gasteiger partial charge in [-0.15, -0.1) is 0 Å². The Morgan fingerprint density at radius 2 is 2.16 bits per heavy atom. The molecule has 0 atom stereocenters. The Morgan fingerprint density at radius 1 is 1.47 bits per heavy atom. The van der Waals surface area contributed by atoms with Gasteiger partial charge in [0.05, 0.1) is 12.3 Å². The normalized spacial score (nSPS) is 14.5. The van der Waals surface area contributed by atoms with Gasteiger partial charge in [-0.25, -0.2) is 19.6 Å². The Kier molecular flexibility index (Phi) is 3.91. The molecule has 1 heterocycles. The summed E-state index contributed by atoms with van der Waals surface area (Å²) in [6, 6.07) is 5.33. The molecule has 8 heteroatoms. The minimum atomic E-state index is -0.395. The molecular weight excluding hydrogens is 269 g/mol. The van der Waals surface area contributed by atoms with E-state index >= 15 is 0 Å². The van der Waals surface area contributed by atoms with Gasteiger partial charge < -0.3 is 5.32 Å². The van der Waals surface area contributed by atoms with Crippen molar-refractivity contribution in [2.45, 2.75) is 6.92 Å². The fourth-order valence-corrected chi connectivity index (χ4v) is 1.67. The summed E-state index contributed by atoms with van der Waals surface area (Å²) in [6.07, 6.45) is 0. The number of hydrazine groups is 1. The zero-order valence-electron chi connectivity index (χ0n) is 10.1. The first-order chi connectivity index (χ1) is 9.04. The fraction of sp³-hybridized carbons (Fsp3) is 0.182. The van der Waals surface area contributed by atoms with Gasteiger partial charge in [-0.3, -0.25) is 5.43 Å². The summed E-state index contributed by atoms with van der Waals surface area (Å²) < 4.78 is 12.7. The second-order valence-corrected chi connectivity index (χ2v) is 4.33. The molecule has 0 unspecified atom stereocenters. The standard InChI is InChI=1S/C11H12FN5OS/c1-7-6-17(11(18)15-14-7)16-10(19)13-9-4-2-8(12)3-5-9/h2-5H,6H2,1H3,(H,15,18)(H2,13,16,19). The number of carbonyl (C=O) groups excluding carboxylic acids is 1. The average molecular weight is 281 g/mol. The van der Waals surface area contributed by atoms with Crippen molar-refractivity contribution in [1.29, 1.82) is 0 Å². The molecule has 0 aliphatic carbocycles. The van der Waals surface area contributed by atoms with Crippen LogP contribution in [0.5, 0.6) is 0 Å². The van der Waals surface area contributed by atoms with Gasteiger partial charge in [-0.2, -0.15) is 5.10 Å². The summed E-state index contributed by atoms with van der Waals surface area (Å²) in [5, 5.41) is 8.16. The highest BCUT2D eigenvalue weighted by molar-refractivity contribution is 7.80. The number of amides is 2. The van der Waals surface area contributed by atoms with Crippen molar-refractivity contribution in [3.05, 3.63) is 30.1 Å². The minimum Gasteiger partial charge on any atom is -0.331 e. The van der Waals surface area contributed by atoms with Crippen LogP contribution in [0.4, 0.5) is 14.9 Å². The van der Waals surface area contributed by atoms with Crippen molar-refractivity contribution in [3.63, 3.8) is 0 Å². The number of nitrogens with one attached hydrogen (secondary N) is 3. The Hall–Kier alpha value is -2.22. The molecule has 0 saturated carbocycles. The van der Waals surface area contributed by atoms with Gasteiger partial charge in [0.15, 0.2) is 5.11 Å². The van der Waals surface area contributed by atoms with E-state index in [1.54, 1.807) is 19.1 Å². The molecule has 0 radical (unpaired) electrons. The third-order valence-corrected chi connectivity index (χ3v) is 2.51. The Labute approximate surface area is 114 Å². The van der Waals surface area contributed by atoms with E-state index in [-0.39, 0.29) is 10.9 Å². The van der Waals surface area contributed by atoms with E-state index < -0.39 is 6.03 Å². The van der Waals surface area contributed by atoms with Crippen LogP contribution < -0.4 is 16.2 Å². The average Bonchev–Trinajstić information content (AvgIpc) is 2.37. The van der Waals surface area contributed by atoms with Gasteiger partial charge in [0.1, 0.15) is 5.82 Å². The molecule has 0 aromatic heterocycles. The summed E-state index contributed by atoms with van der Waals surface area (Å²) in [5.41, 5.74) is 6.44. The summed E-state index contributed by atoms with van der Waals surface area (Å²) in [4.78, 5) is 11.5. The number of hydrazone groups is 1. The van der Waals surface area contributed by atoms with Crippen LogP contribution >= 0.6 is 12.2 Å².